The number of hydrogen-bond donors (Lipinski definition) is 1. The fraction of sp³-hybridized carbons (Fsp3) is 1.00. The largest absolute Gasteiger partial charge is 0.395 e. The van der Waals surface area contributed by atoms with E-state index in [1.54, 1.807) is 4.31 Å². The summed E-state index contributed by atoms with van der Waals surface area (Å²) < 4.78 is 25.3. The standard InChI is InChI=1S/C10H22N2O3S/c1-2-3-10-16(14,15)12-6-4-11(5-7-12)8-9-13/h13H,2-10H2,1H3. The molecule has 96 valence electrons. The molecule has 0 bridgehead atoms. The van der Waals surface area contributed by atoms with E-state index in [9.17, 15) is 8.42 Å². The Morgan fingerprint density at radius 1 is 1.19 bits per heavy atom. The van der Waals surface area contributed by atoms with Crippen LogP contribution >= 0.6 is 0 Å². The number of aliphatic hydroxyl groups is 1. The molecule has 1 aliphatic rings. The highest BCUT2D eigenvalue weighted by Crippen LogP contribution is 2.09. The zero-order chi connectivity index (χ0) is 12.0. The van der Waals surface area contributed by atoms with E-state index in [-0.39, 0.29) is 12.4 Å². The summed E-state index contributed by atoms with van der Waals surface area (Å²) in [4.78, 5) is 2.09. The van der Waals surface area contributed by atoms with Crippen LogP contribution in [0.1, 0.15) is 19.8 Å². The Bertz CT molecular complexity index is 284. The van der Waals surface area contributed by atoms with E-state index >= 15 is 0 Å². The molecule has 5 nitrogen and oxygen atoms in total. The van der Waals surface area contributed by atoms with Gasteiger partial charge < -0.3 is 5.11 Å². The summed E-state index contributed by atoms with van der Waals surface area (Å²) in [5, 5.41) is 8.79. The van der Waals surface area contributed by atoms with E-state index < -0.39 is 10.0 Å². The van der Waals surface area contributed by atoms with Gasteiger partial charge in [-0.25, -0.2) is 8.42 Å². The van der Waals surface area contributed by atoms with Gasteiger partial charge in [0.05, 0.1) is 12.4 Å². The first-order valence-electron chi connectivity index (χ1n) is 5.91. The minimum atomic E-state index is -3.04. The predicted octanol–water partition coefficient (Wildman–Crippen LogP) is -0.274. The highest BCUT2D eigenvalue weighted by Gasteiger charge is 2.25. The molecule has 0 unspecified atom stereocenters. The molecule has 0 radical (unpaired) electrons. The van der Waals surface area contributed by atoms with Crippen molar-refractivity contribution in [2.75, 3.05) is 45.1 Å². The third-order valence-corrected chi connectivity index (χ3v) is 4.85. The maximum absolute atomic E-state index is 11.9. The first-order chi connectivity index (χ1) is 7.60. The van der Waals surface area contributed by atoms with Crippen molar-refractivity contribution in [2.24, 2.45) is 0 Å². The normalized spacial score (nSPS) is 20.1. The van der Waals surface area contributed by atoms with E-state index in [4.69, 9.17) is 5.11 Å². The number of hydrogen-bond acceptors (Lipinski definition) is 4. The van der Waals surface area contributed by atoms with Crippen LogP contribution in [0.5, 0.6) is 0 Å². The lowest BCUT2D eigenvalue weighted by atomic mass is 10.4. The summed E-state index contributed by atoms with van der Waals surface area (Å²) in [7, 11) is -3.04. The first-order valence-corrected chi connectivity index (χ1v) is 7.52. The van der Waals surface area contributed by atoms with Gasteiger partial charge in [0.2, 0.25) is 10.0 Å². The highest BCUT2D eigenvalue weighted by molar-refractivity contribution is 7.89. The number of aliphatic hydroxyl groups excluding tert-OH is 1. The summed E-state index contributed by atoms with van der Waals surface area (Å²) >= 11 is 0. The average Bonchev–Trinajstić information content (AvgIpc) is 2.28. The number of sulfonamides is 1. The maximum Gasteiger partial charge on any atom is 0.214 e. The van der Waals surface area contributed by atoms with E-state index in [0.717, 1.165) is 25.9 Å². The minimum Gasteiger partial charge on any atom is -0.395 e. The summed E-state index contributed by atoms with van der Waals surface area (Å²) in [6.07, 6.45) is 1.64. The van der Waals surface area contributed by atoms with Crippen LogP contribution < -0.4 is 0 Å². The van der Waals surface area contributed by atoms with Crippen molar-refractivity contribution in [1.82, 2.24) is 9.21 Å². The molecule has 6 heteroatoms. The van der Waals surface area contributed by atoms with Crippen LogP contribution in [-0.2, 0) is 10.0 Å². The molecular weight excluding hydrogens is 228 g/mol. The molecule has 0 atom stereocenters. The molecule has 1 saturated heterocycles. The number of piperazine rings is 1. The van der Waals surface area contributed by atoms with Crippen LogP contribution in [0.4, 0.5) is 0 Å². The van der Waals surface area contributed by atoms with Gasteiger partial charge >= 0.3 is 0 Å². The zero-order valence-electron chi connectivity index (χ0n) is 9.93. The molecule has 0 spiro atoms. The fourth-order valence-electron chi connectivity index (χ4n) is 1.83. The van der Waals surface area contributed by atoms with Crippen molar-refractivity contribution in [2.45, 2.75) is 19.8 Å². The second-order valence-corrected chi connectivity index (χ2v) is 6.22. The molecule has 0 saturated carbocycles. The van der Waals surface area contributed by atoms with Crippen LogP contribution in [0.3, 0.4) is 0 Å². The van der Waals surface area contributed by atoms with E-state index in [1.165, 1.54) is 0 Å². The fourth-order valence-corrected chi connectivity index (χ4v) is 3.46. The Labute approximate surface area is 98.1 Å². The molecule has 0 aliphatic carbocycles. The van der Waals surface area contributed by atoms with Gasteiger partial charge in [-0.1, -0.05) is 13.3 Å². The third kappa shape index (κ3) is 4.01. The molecule has 0 aromatic carbocycles. The Kier molecular flexibility index (Phi) is 5.68. The quantitative estimate of drug-likeness (QED) is 0.705. The van der Waals surface area contributed by atoms with Crippen molar-refractivity contribution in [3.63, 3.8) is 0 Å². The first kappa shape index (κ1) is 13.9. The smallest absolute Gasteiger partial charge is 0.214 e. The zero-order valence-corrected chi connectivity index (χ0v) is 10.7. The number of unbranched alkanes of at least 4 members (excludes halogenated alkanes) is 1. The van der Waals surface area contributed by atoms with Crippen LogP contribution in [0.15, 0.2) is 0 Å². The number of β-amino-alcohol motifs (C(OH)–C–C–N with tert-alkyl or cyclic N) is 1. The molecule has 0 aromatic heterocycles. The van der Waals surface area contributed by atoms with Gasteiger partial charge in [0, 0.05) is 32.7 Å². The Morgan fingerprint density at radius 2 is 1.81 bits per heavy atom. The molecule has 16 heavy (non-hydrogen) atoms. The lowest BCUT2D eigenvalue weighted by Gasteiger charge is -2.33. The van der Waals surface area contributed by atoms with E-state index in [0.29, 0.717) is 19.6 Å². The lowest BCUT2D eigenvalue weighted by molar-refractivity contribution is 0.151. The topological polar surface area (TPSA) is 60.9 Å². The van der Waals surface area contributed by atoms with Gasteiger partial charge in [-0.2, -0.15) is 4.31 Å². The molecule has 1 aliphatic heterocycles. The second kappa shape index (κ2) is 6.54. The molecule has 1 rings (SSSR count). The third-order valence-electron chi connectivity index (χ3n) is 2.90. The van der Waals surface area contributed by atoms with Gasteiger partial charge in [0.1, 0.15) is 0 Å². The van der Waals surface area contributed by atoms with Crippen LogP contribution in [-0.4, -0.2) is 67.8 Å². The van der Waals surface area contributed by atoms with E-state index in [1.807, 2.05) is 6.92 Å². The van der Waals surface area contributed by atoms with Gasteiger partial charge in [-0.3, -0.25) is 4.90 Å². The average molecular weight is 250 g/mol. The van der Waals surface area contributed by atoms with Crippen LogP contribution in [0.2, 0.25) is 0 Å². The summed E-state index contributed by atoms with van der Waals surface area (Å²) in [6, 6.07) is 0. The van der Waals surface area contributed by atoms with Crippen LogP contribution in [0, 0.1) is 0 Å². The predicted molar refractivity (Wildman–Crippen MR) is 63.8 cm³/mol. The van der Waals surface area contributed by atoms with Crippen LogP contribution in [0.25, 0.3) is 0 Å². The van der Waals surface area contributed by atoms with Crippen molar-refractivity contribution >= 4 is 10.0 Å². The van der Waals surface area contributed by atoms with Gasteiger partial charge in [0.15, 0.2) is 0 Å². The van der Waals surface area contributed by atoms with Crippen molar-refractivity contribution in [3.8, 4) is 0 Å². The Hall–Kier alpha value is -0.170. The number of nitrogens with zero attached hydrogens (tertiary/aromatic N) is 2. The Balaban J connectivity index is 2.40. The molecule has 0 amide bonds. The Morgan fingerprint density at radius 3 is 2.31 bits per heavy atom. The summed E-state index contributed by atoms with van der Waals surface area (Å²) in [6.45, 7) is 5.36. The van der Waals surface area contributed by atoms with E-state index in [2.05, 4.69) is 4.90 Å². The molecule has 1 fully saturated rings. The summed E-state index contributed by atoms with van der Waals surface area (Å²) in [5.41, 5.74) is 0. The second-order valence-electron chi connectivity index (χ2n) is 4.13. The molecule has 1 heterocycles. The molecule has 0 aromatic rings. The monoisotopic (exact) mass is 250 g/mol. The summed E-state index contributed by atoms with van der Waals surface area (Å²) in [5.74, 6) is 0.267. The van der Waals surface area contributed by atoms with Gasteiger partial charge in [-0.15, -0.1) is 0 Å². The van der Waals surface area contributed by atoms with Gasteiger partial charge in [-0.05, 0) is 6.42 Å². The van der Waals surface area contributed by atoms with Crippen molar-refractivity contribution in [3.05, 3.63) is 0 Å². The van der Waals surface area contributed by atoms with Crippen molar-refractivity contribution in [1.29, 1.82) is 0 Å². The lowest BCUT2D eigenvalue weighted by Crippen LogP contribution is -2.49. The molecular formula is C10H22N2O3S. The highest BCUT2D eigenvalue weighted by atomic mass is 32.2. The molecule has 1 N–H and O–H groups in total. The van der Waals surface area contributed by atoms with Crippen molar-refractivity contribution < 1.29 is 13.5 Å². The SMILES string of the molecule is CCCCS(=O)(=O)N1CCN(CCO)CC1. The van der Waals surface area contributed by atoms with Gasteiger partial charge in [0.25, 0.3) is 0 Å². The minimum absolute atomic E-state index is 0.141. The maximum atomic E-state index is 11.9. The number of rotatable bonds is 6.